The van der Waals surface area contributed by atoms with Gasteiger partial charge in [0, 0.05) is 16.2 Å². The zero-order chi connectivity index (χ0) is 17.8. The van der Waals surface area contributed by atoms with Gasteiger partial charge in [-0.1, -0.05) is 6.07 Å². The van der Waals surface area contributed by atoms with E-state index in [1.807, 2.05) is 24.3 Å². The second kappa shape index (κ2) is 5.26. The molecule has 0 N–H and O–H groups in total. The van der Waals surface area contributed by atoms with Crippen molar-refractivity contribution >= 4 is 43.7 Å². The molecule has 0 fully saturated rings. The summed E-state index contributed by atoms with van der Waals surface area (Å²) >= 11 is 0. The van der Waals surface area contributed by atoms with Crippen LogP contribution >= 0.6 is 0 Å². The lowest BCUT2D eigenvalue weighted by molar-refractivity contribution is 0.415. The van der Waals surface area contributed by atoms with Gasteiger partial charge in [-0.2, -0.15) is 0 Å². The fourth-order valence-corrected chi connectivity index (χ4v) is 3.56. The lowest BCUT2D eigenvalue weighted by atomic mass is 10.0. The highest BCUT2D eigenvalue weighted by Gasteiger charge is 2.20. The van der Waals surface area contributed by atoms with Crippen LogP contribution in [0.15, 0.2) is 62.4 Å². The van der Waals surface area contributed by atoms with Gasteiger partial charge in [-0.3, -0.25) is 4.79 Å². The van der Waals surface area contributed by atoms with E-state index in [2.05, 4.69) is 0 Å². The monoisotopic (exact) mass is 346 g/mol. The van der Waals surface area contributed by atoms with E-state index < -0.39 is 0 Å². The molecule has 26 heavy (non-hydrogen) atoms. The molecule has 0 atom stereocenters. The zero-order valence-electron chi connectivity index (χ0n) is 14.2. The third-order valence-corrected chi connectivity index (χ3v) is 4.75. The average Bonchev–Trinajstić information content (AvgIpc) is 3.16. The Labute approximate surface area is 147 Å². The van der Waals surface area contributed by atoms with Crippen molar-refractivity contribution in [2.75, 3.05) is 14.2 Å². The zero-order valence-corrected chi connectivity index (χ0v) is 14.2. The summed E-state index contributed by atoms with van der Waals surface area (Å²) in [7, 11) is 3.16. The van der Waals surface area contributed by atoms with Crippen molar-refractivity contribution in [2.45, 2.75) is 0 Å². The quantitative estimate of drug-likeness (QED) is 0.337. The molecule has 0 saturated heterocycles. The highest BCUT2D eigenvalue weighted by atomic mass is 16.5. The molecule has 0 amide bonds. The first kappa shape index (κ1) is 14.8. The summed E-state index contributed by atoms with van der Waals surface area (Å²) in [5, 5.41) is 3.41. The van der Waals surface area contributed by atoms with E-state index in [0.29, 0.717) is 33.3 Å². The van der Waals surface area contributed by atoms with Gasteiger partial charge in [-0.15, -0.1) is 0 Å². The molecule has 0 aliphatic rings. The molecule has 2 aromatic heterocycles. The smallest absolute Gasteiger partial charge is 0.208 e. The van der Waals surface area contributed by atoms with Crippen molar-refractivity contribution in [3.8, 4) is 11.5 Å². The number of methoxy groups -OCH3 is 2. The summed E-state index contributed by atoms with van der Waals surface area (Å²) in [4.78, 5) is 13.3. The minimum Gasteiger partial charge on any atom is -0.497 e. The standard InChI is InChI=1S/C21H14O5/c1-23-11-6-7-12-14(10-11)13-8-9-25-20(13)18-19(22)17-15(24-2)4-3-5-16(17)26-21(12)18/h3-10H,1-2H3. The maximum absolute atomic E-state index is 13.3. The SMILES string of the molecule is COc1ccc2c(c1)c1ccoc1c1c(=O)c3c(OC)cccc3oc21. The number of furan rings is 1. The Bertz CT molecular complexity index is 1370. The van der Waals surface area contributed by atoms with E-state index in [0.717, 1.165) is 21.9 Å². The van der Waals surface area contributed by atoms with Crippen LogP contribution in [0.3, 0.4) is 0 Å². The maximum Gasteiger partial charge on any atom is 0.208 e. The third kappa shape index (κ3) is 1.82. The van der Waals surface area contributed by atoms with Crippen molar-refractivity contribution in [3.63, 3.8) is 0 Å². The number of rotatable bonds is 2. The van der Waals surface area contributed by atoms with E-state index in [4.69, 9.17) is 18.3 Å². The van der Waals surface area contributed by atoms with Crippen LogP contribution in [0.25, 0.3) is 43.7 Å². The van der Waals surface area contributed by atoms with Crippen molar-refractivity contribution in [1.82, 2.24) is 0 Å². The summed E-state index contributed by atoms with van der Waals surface area (Å²) in [5.74, 6) is 1.21. The van der Waals surface area contributed by atoms with Crippen LogP contribution in [-0.2, 0) is 0 Å². The first-order chi connectivity index (χ1) is 12.7. The van der Waals surface area contributed by atoms with Gasteiger partial charge < -0.3 is 18.3 Å². The largest absolute Gasteiger partial charge is 0.497 e. The second-order valence-electron chi connectivity index (χ2n) is 6.04. The molecule has 2 heterocycles. The highest BCUT2D eigenvalue weighted by molar-refractivity contribution is 6.23. The molecule has 0 spiro atoms. The molecule has 5 aromatic rings. The van der Waals surface area contributed by atoms with Crippen LogP contribution in [0, 0.1) is 0 Å². The number of fused-ring (bicyclic) bond motifs is 7. The first-order valence-electron chi connectivity index (χ1n) is 8.13. The number of hydrogen-bond acceptors (Lipinski definition) is 5. The maximum atomic E-state index is 13.3. The van der Waals surface area contributed by atoms with Crippen LogP contribution < -0.4 is 14.9 Å². The Balaban J connectivity index is 2.12. The van der Waals surface area contributed by atoms with Crippen molar-refractivity contribution in [1.29, 1.82) is 0 Å². The van der Waals surface area contributed by atoms with Gasteiger partial charge in [0.05, 0.1) is 20.5 Å². The van der Waals surface area contributed by atoms with Crippen LogP contribution in [0.2, 0.25) is 0 Å². The predicted molar refractivity (Wildman–Crippen MR) is 100 cm³/mol. The molecule has 0 aliphatic carbocycles. The fourth-order valence-electron chi connectivity index (χ4n) is 3.56. The molecule has 5 heteroatoms. The topological polar surface area (TPSA) is 61.8 Å². The first-order valence-corrected chi connectivity index (χ1v) is 8.13. The number of ether oxygens (including phenoxy) is 2. The van der Waals surface area contributed by atoms with Crippen LogP contribution in [0.4, 0.5) is 0 Å². The lowest BCUT2D eigenvalue weighted by Gasteiger charge is -2.09. The summed E-state index contributed by atoms with van der Waals surface area (Å²) in [6.45, 7) is 0. The minimum absolute atomic E-state index is 0.170. The highest BCUT2D eigenvalue weighted by Crippen LogP contribution is 2.38. The van der Waals surface area contributed by atoms with Gasteiger partial charge in [0.25, 0.3) is 0 Å². The third-order valence-electron chi connectivity index (χ3n) is 4.75. The van der Waals surface area contributed by atoms with Gasteiger partial charge in [-0.05, 0) is 36.4 Å². The van der Waals surface area contributed by atoms with E-state index in [1.54, 1.807) is 31.6 Å². The van der Waals surface area contributed by atoms with Gasteiger partial charge in [0.15, 0.2) is 0 Å². The number of benzene rings is 3. The van der Waals surface area contributed by atoms with Crippen LogP contribution in [-0.4, -0.2) is 14.2 Å². The molecule has 0 saturated carbocycles. The molecule has 0 aliphatic heterocycles. The average molecular weight is 346 g/mol. The molecule has 0 radical (unpaired) electrons. The van der Waals surface area contributed by atoms with E-state index in [1.165, 1.54) is 7.11 Å². The predicted octanol–water partition coefficient (Wildman–Crippen LogP) is 4.86. The van der Waals surface area contributed by atoms with Crippen LogP contribution in [0.1, 0.15) is 0 Å². The van der Waals surface area contributed by atoms with Crippen LogP contribution in [0.5, 0.6) is 11.5 Å². The summed E-state index contributed by atoms with van der Waals surface area (Å²) in [5.41, 5.74) is 1.31. The summed E-state index contributed by atoms with van der Waals surface area (Å²) in [6.07, 6.45) is 1.58. The molecular formula is C21H14O5. The molecule has 0 bridgehead atoms. The van der Waals surface area contributed by atoms with E-state index in [9.17, 15) is 4.79 Å². The number of hydrogen-bond donors (Lipinski definition) is 0. The Morgan fingerprint density at radius 3 is 2.50 bits per heavy atom. The molecule has 3 aromatic carbocycles. The molecular weight excluding hydrogens is 332 g/mol. The minimum atomic E-state index is -0.170. The Morgan fingerprint density at radius 2 is 1.69 bits per heavy atom. The van der Waals surface area contributed by atoms with Gasteiger partial charge in [-0.25, -0.2) is 0 Å². The molecule has 128 valence electrons. The molecule has 0 unspecified atom stereocenters. The lowest BCUT2D eigenvalue weighted by Crippen LogP contribution is -2.05. The second-order valence-corrected chi connectivity index (χ2v) is 6.04. The summed E-state index contributed by atoms with van der Waals surface area (Å²) in [6, 6.07) is 12.8. The Hall–Kier alpha value is -3.47. The normalized spacial score (nSPS) is 11.6. The van der Waals surface area contributed by atoms with E-state index >= 15 is 0 Å². The van der Waals surface area contributed by atoms with Gasteiger partial charge >= 0.3 is 0 Å². The fraction of sp³-hybridized carbons (Fsp3) is 0.0952. The van der Waals surface area contributed by atoms with Crippen molar-refractivity contribution < 1.29 is 18.3 Å². The van der Waals surface area contributed by atoms with Gasteiger partial charge in [0.2, 0.25) is 5.43 Å². The van der Waals surface area contributed by atoms with Crippen molar-refractivity contribution in [2.24, 2.45) is 0 Å². The Kier molecular flexibility index (Phi) is 3.00. The molecule has 5 nitrogen and oxygen atoms in total. The van der Waals surface area contributed by atoms with Crippen molar-refractivity contribution in [3.05, 3.63) is 59.0 Å². The van der Waals surface area contributed by atoms with E-state index in [-0.39, 0.29) is 5.43 Å². The Morgan fingerprint density at radius 1 is 0.846 bits per heavy atom. The van der Waals surface area contributed by atoms with Gasteiger partial charge in [0.1, 0.15) is 39.0 Å². The molecule has 5 rings (SSSR count). The summed E-state index contributed by atoms with van der Waals surface area (Å²) < 4.78 is 22.5.